The van der Waals surface area contributed by atoms with Crippen molar-refractivity contribution in [1.29, 1.82) is 5.26 Å². The summed E-state index contributed by atoms with van der Waals surface area (Å²) >= 11 is 0. The zero-order valence-electron chi connectivity index (χ0n) is 21.0. The average molecular weight is 467 g/mol. The Balaban J connectivity index is 1.54. The van der Waals surface area contributed by atoms with Gasteiger partial charge in [0.05, 0.1) is 29.5 Å². The molecular formula is C30H34N4O. The van der Waals surface area contributed by atoms with E-state index in [1.165, 1.54) is 5.56 Å². The normalized spacial score (nSPS) is 12.0. The number of ether oxygens (including phenoxy) is 1. The highest BCUT2D eigenvalue weighted by molar-refractivity contribution is 5.95. The van der Waals surface area contributed by atoms with Gasteiger partial charge in [-0.2, -0.15) is 5.26 Å². The van der Waals surface area contributed by atoms with Gasteiger partial charge in [0.1, 0.15) is 11.8 Å². The molecule has 5 heteroatoms. The quantitative estimate of drug-likeness (QED) is 0.254. The molecule has 4 aromatic rings. The summed E-state index contributed by atoms with van der Waals surface area (Å²) in [4.78, 5) is 0. The molecule has 0 aliphatic carbocycles. The van der Waals surface area contributed by atoms with Crippen LogP contribution in [-0.4, -0.2) is 23.9 Å². The van der Waals surface area contributed by atoms with Gasteiger partial charge in [-0.05, 0) is 69.5 Å². The zero-order chi connectivity index (χ0) is 24.8. The molecule has 0 amide bonds. The number of nitrogens with one attached hydrogen (secondary N) is 2. The Morgan fingerprint density at radius 3 is 2.37 bits per heavy atom. The van der Waals surface area contributed by atoms with Gasteiger partial charge in [-0.15, -0.1) is 0 Å². The third-order valence-corrected chi connectivity index (χ3v) is 6.16. The Kier molecular flexibility index (Phi) is 7.74. The van der Waals surface area contributed by atoms with Gasteiger partial charge >= 0.3 is 0 Å². The molecule has 3 aromatic carbocycles. The molecule has 35 heavy (non-hydrogen) atoms. The average Bonchev–Trinajstić information content (AvgIpc) is 3.19. The maximum atomic E-state index is 10.1. The molecule has 0 saturated heterocycles. The van der Waals surface area contributed by atoms with E-state index >= 15 is 0 Å². The Morgan fingerprint density at radius 2 is 1.71 bits per heavy atom. The van der Waals surface area contributed by atoms with Crippen LogP contribution in [0, 0.1) is 11.3 Å². The fourth-order valence-electron chi connectivity index (χ4n) is 4.58. The molecule has 1 atom stereocenters. The molecule has 0 spiro atoms. The summed E-state index contributed by atoms with van der Waals surface area (Å²) < 4.78 is 7.98. The van der Waals surface area contributed by atoms with E-state index < -0.39 is 0 Å². The van der Waals surface area contributed by atoms with Crippen LogP contribution in [0.5, 0.6) is 5.75 Å². The zero-order valence-corrected chi connectivity index (χ0v) is 21.0. The van der Waals surface area contributed by atoms with Crippen LogP contribution in [0.2, 0.25) is 0 Å². The lowest BCUT2D eigenvalue weighted by atomic mass is 10.1. The maximum Gasteiger partial charge on any atom is 0.121 e. The van der Waals surface area contributed by atoms with Crippen LogP contribution in [0.25, 0.3) is 22.2 Å². The molecule has 0 aliphatic heterocycles. The topological polar surface area (TPSA) is 62.0 Å². The van der Waals surface area contributed by atoms with Crippen LogP contribution in [0.15, 0.2) is 72.8 Å². The summed E-state index contributed by atoms with van der Waals surface area (Å²) in [6, 6.07) is 27.5. The molecule has 0 radical (unpaired) electrons. The number of hydrogen-bond acceptors (Lipinski definition) is 4. The first-order valence-electron chi connectivity index (χ1n) is 12.4. The molecule has 180 valence electrons. The van der Waals surface area contributed by atoms with E-state index in [0.717, 1.165) is 46.6 Å². The van der Waals surface area contributed by atoms with E-state index in [9.17, 15) is 5.26 Å². The van der Waals surface area contributed by atoms with Crippen LogP contribution in [0.3, 0.4) is 0 Å². The molecule has 1 heterocycles. The first-order chi connectivity index (χ1) is 17.0. The largest absolute Gasteiger partial charge is 0.494 e. The van der Waals surface area contributed by atoms with Crippen LogP contribution >= 0.6 is 0 Å². The van der Waals surface area contributed by atoms with Gasteiger partial charge in [-0.3, -0.25) is 5.32 Å². The molecular weight excluding hydrogens is 432 g/mol. The summed E-state index contributed by atoms with van der Waals surface area (Å²) in [6.07, 6.45) is 1.13. The molecule has 5 nitrogen and oxygen atoms in total. The van der Waals surface area contributed by atoms with E-state index in [1.807, 2.05) is 31.2 Å². The first kappa shape index (κ1) is 24.4. The van der Waals surface area contributed by atoms with Crippen molar-refractivity contribution in [3.8, 4) is 23.1 Å². The highest BCUT2D eigenvalue weighted by Crippen LogP contribution is 2.38. The van der Waals surface area contributed by atoms with Crippen LogP contribution < -0.4 is 15.4 Å². The molecule has 4 rings (SSSR count). The van der Waals surface area contributed by atoms with Crippen molar-refractivity contribution in [2.75, 3.05) is 18.5 Å². The lowest BCUT2D eigenvalue weighted by Crippen LogP contribution is -2.34. The standard InChI is InChI=1S/C30H34N4O/c1-5-35-26-15-16-27-28(20-31)30(34(21(2)3)29(27)19-26)24-11-13-25(14-12-24)33-22(4)32-18-17-23-9-7-6-8-10-23/h6-16,19,21-22,32-33H,5,17-18H2,1-4H3. The van der Waals surface area contributed by atoms with Crippen molar-refractivity contribution in [1.82, 2.24) is 9.88 Å². The van der Waals surface area contributed by atoms with E-state index in [4.69, 9.17) is 4.74 Å². The molecule has 2 N–H and O–H groups in total. The maximum absolute atomic E-state index is 10.1. The predicted octanol–water partition coefficient (Wildman–Crippen LogP) is 6.75. The number of nitriles is 1. The number of anilines is 1. The number of benzene rings is 3. The second-order valence-corrected chi connectivity index (χ2v) is 9.04. The molecule has 0 aliphatic rings. The number of hydrogen-bond donors (Lipinski definition) is 2. The SMILES string of the molecule is CCOc1ccc2c(C#N)c(-c3ccc(NC(C)NCCc4ccccc4)cc3)n(C(C)C)c2c1. The fourth-order valence-corrected chi connectivity index (χ4v) is 4.58. The predicted molar refractivity (Wildman–Crippen MR) is 145 cm³/mol. The van der Waals surface area contributed by atoms with Gasteiger partial charge in [-0.1, -0.05) is 42.5 Å². The fraction of sp³-hybridized carbons (Fsp3) is 0.300. The van der Waals surface area contributed by atoms with Gasteiger partial charge < -0.3 is 14.6 Å². The second-order valence-electron chi connectivity index (χ2n) is 9.04. The molecule has 0 saturated carbocycles. The summed E-state index contributed by atoms with van der Waals surface area (Å²) in [7, 11) is 0. The van der Waals surface area contributed by atoms with Crippen molar-refractivity contribution in [3.05, 3.63) is 83.9 Å². The van der Waals surface area contributed by atoms with Crippen molar-refractivity contribution in [2.24, 2.45) is 0 Å². The van der Waals surface area contributed by atoms with Crippen molar-refractivity contribution >= 4 is 16.6 Å². The minimum atomic E-state index is 0.137. The van der Waals surface area contributed by atoms with Crippen LogP contribution in [0.1, 0.15) is 44.9 Å². The summed E-state index contributed by atoms with van der Waals surface area (Å²) in [6.45, 7) is 9.92. The molecule has 1 aromatic heterocycles. The lowest BCUT2D eigenvalue weighted by molar-refractivity contribution is 0.340. The van der Waals surface area contributed by atoms with Crippen LogP contribution in [0.4, 0.5) is 5.69 Å². The summed E-state index contributed by atoms with van der Waals surface area (Å²) in [5.74, 6) is 0.823. The van der Waals surface area contributed by atoms with Crippen molar-refractivity contribution in [3.63, 3.8) is 0 Å². The smallest absolute Gasteiger partial charge is 0.121 e. The van der Waals surface area contributed by atoms with Gasteiger partial charge in [-0.25, -0.2) is 0 Å². The highest BCUT2D eigenvalue weighted by Gasteiger charge is 2.21. The van der Waals surface area contributed by atoms with Crippen molar-refractivity contribution in [2.45, 2.75) is 46.3 Å². The summed E-state index contributed by atoms with van der Waals surface area (Å²) in [5.41, 5.74) is 6.08. The number of nitrogens with zero attached hydrogens (tertiary/aromatic N) is 2. The Morgan fingerprint density at radius 1 is 0.971 bits per heavy atom. The van der Waals surface area contributed by atoms with E-state index in [-0.39, 0.29) is 12.2 Å². The third kappa shape index (κ3) is 5.50. The molecule has 0 bridgehead atoms. The Hall–Kier alpha value is -3.75. The monoisotopic (exact) mass is 466 g/mol. The van der Waals surface area contributed by atoms with Gasteiger partial charge in [0.2, 0.25) is 0 Å². The number of fused-ring (bicyclic) bond motifs is 1. The Bertz CT molecular complexity index is 1300. The minimum Gasteiger partial charge on any atom is -0.494 e. The van der Waals surface area contributed by atoms with Gasteiger partial charge in [0, 0.05) is 29.7 Å². The second kappa shape index (κ2) is 11.1. The van der Waals surface area contributed by atoms with E-state index in [2.05, 4.69) is 90.6 Å². The first-order valence-corrected chi connectivity index (χ1v) is 12.4. The lowest BCUT2D eigenvalue weighted by Gasteiger charge is -2.18. The van der Waals surface area contributed by atoms with Crippen molar-refractivity contribution < 1.29 is 4.74 Å². The molecule has 0 fully saturated rings. The van der Waals surface area contributed by atoms with Crippen LogP contribution in [-0.2, 0) is 6.42 Å². The Labute approximate surface area is 208 Å². The summed E-state index contributed by atoms with van der Waals surface area (Å²) in [5, 5.41) is 18.1. The minimum absolute atomic E-state index is 0.137. The third-order valence-electron chi connectivity index (χ3n) is 6.16. The molecule has 1 unspecified atom stereocenters. The van der Waals surface area contributed by atoms with E-state index in [0.29, 0.717) is 12.2 Å². The number of aromatic nitrogens is 1. The van der Waals surface area contributed by atoms with Gasteiger partial charge in [0.15, 0.2) is 0 Å². The number of rotatable bonds is 10. The highest BCUT2D eigenvalue weighted by atomic mass is 16.5. The van der Waals surface area contributed by atoms with E-state index in [1.54, 1.807) is 0 Å². The van der Waals surface area contributed by atoms with Gasteiger partial charge in [0.25, 0.3) is 0 Å².